The fraction of sp³-hybridized carbons (Fsp3) is 0.294. The van der Waals surface area contributed by atoms with E-state index in [4.69, 9.17) is 4.42 Å². The largest absolute Gasteiger partial charge is 0.456 e. The quantitative estimate of drug-likeness (QED) is 0.901. The molecule has 1 aliphatic rings. The Labute approximate surface area is 141 Å². The van der Waals surface area contributed by atoms with E-state index in [9.17, 15) is 23.1 Å². The summed E-state index contributed by atoms with van der Waals surface area (Å²) in [4.78, 5) is 12.4. The molecule has 0 aliphatic carbocycles. The minimum Gasteiger partial charge on any atom is -0.456 e. The van der Waals surface area contributed by atoms with Crippen molar-refractivity contribution in [2.45, 2.75) is 32.2 Å². The van der Waals surface area contributed by atoms with Gasteiger partial charge in [0.15, 0.2) is 5.76 Å². The van der Waals surface area contributed by atoms with Crippen molar-refractivity contribution < 1.29 is 27.5 Å². The van der Waals surface area contributed by atoms with E-state index in [1.54, 1.807) is 31.2 Å². The molecule has 0 fully saturated rings. The van der Waals surface area contributed by atoms with E-state index in [-0.39, 0.29) is 16.5 Å². The zero-order chi connectivity index (χ0) is 18.4. The number of benzene rings is 1. The molecule has 0 saturated heterocycles. The number of aliphatic hydroxyl groups is 1. The van der Waals surface area contributed by atoms with Crippen LogP contribution in [0.15, 0.2) is 45.9 Å². The van der Waals surface area contributed by atoms with Gasteiger partial charge in [-0.3, -0.25) is 4.79 Å². The van der Waals surface area contributed by atoms with E-state index in [0.29, 0.717) is 11.3 Å². The van der Waals surface area contributed by atoms with Gasteiger partial charge in [-0.15, -0.1) is 0 Å². The average molecular weight is 352 g/mol. The van der Waals surface area contributed by atoms with Crippen LogP contribution in [0.3, 0.4) is 0 Å². The molecule has 25 heavy (non-hydrogen) atoms. The van der Waals surface area contributed by atoms with Crippen LogP contribution >= 0.6 is 0 Å². The molecule has 2 heterocycles. The van der Waals surface area contributed by atoms with Crippen molar-refractivity contribution in [3.05, 3.63) is 59.0 Å². The molecule has 1 amide bonds. The number of hydrogen-bond acceptors (Lipinski definition) is 4. The van der Waals surface area contributed by atoms with E-state index in [0.717, 1.165) is 5.56 Å². The monoisotopic (exact) mass is 352 g/mol. The Morgan fingerprint density at radius 1 is 1.20 bits per heavy atom. The van der Waals surface area contributed by atoms with Crippen LogP contribution < -0.4 is 0 Å². The normalized spacial score (nSPS) is 20.7. The maximum absolute atomic E-state index is 13.5. The minimum absolute atomic E-state index is 0.0311. The summed E-state index contributed by atoms with van der Waals surface area (Å²) < 4.78 is 45.5. The fourth-order valence-electron chi connectivity index (χ4n) is 2.54. The predicted octanol–water partition coefficient (Wildman–Crippen LogP) is 3.40. The van der Waals surface area contributed by atoms with Crippen LogP contribution in [0, 0.1) is 13.8 Å². The molecule has 2 aromatic rings. The Bertz CT molecular complexity index is 840. The number of hydrogen-bond donors (Lipinski definition) is 1. The second-order valence-electron chi connectivity index (χ2n) is 5.93. The highest BCUT2D eigenvalue weighted by Crippen LogP contribution is 2.42. The van der Waals surface area contributed by atoms with E-state index < -0.39 is 24.2 Å². The van der Waals surface area contributed by atoms with Gasteiger partial charge in [-0.05, 0) is 31.5 Å². The number of carbonyl (C=O) groups excluding carboxylic acids is 1. The van der Waals surface area contributed by atoms with Gasteiger partial charge < -0.3 is 9.52 Å². The summed E-state index contributed by atoms with van der Waals surface area (Å²) in [6.07, 6.45) is -5.94. The lowest BCUT2D eigenvalue weighted by Gasteiger charge is -2.32. The predicted molar refractivity (Wildman–Crippen MR) is 83.0 cm³/mol. The summed E-state index contributed by atoms with van der Waals surface area (Å²) >= 11 is 0. The topological polar surface area (TPSA) is 66.0 Å². The smallest absolute Gasteiger partial charge is 0.438 e. The summed E-state index contributed by atoms with van der Waals surface area (Å²) in [5.41, 5.74) is -2.13. The maximum atomic E-state index is 13.5. The maximum Gasteiger partial charge on any atom is 0.438 e. The number of hydrazone groups is 1. The first kappa shape index (κ1) is 17.2. The molecule has 132 valence electrons. The van der Waals surface area contributed by atoms with Gasteiger partial charge in [0.1, 0.15) is 5.76 Å². The highest BCUT2D eigenvalue weighted by molar-refractivity contribution is 6.05. The lowest BCUT2D eigenvalue weighted by molar-refractivity contribution is -0.297. The molecular weight excluding hydrogens is 337 g/mol. The van der Waals surface area contributed by atoms with E-state index >= 15 is 0 Å². The number of furan rings is 1. The van der Waals surface area contributed by atoms with E-state index in [1.807, 2.05) is 6.92 Å². The van der Waals surface area contributed by atoms with E-state index in [1.165, 1.54) is 12.1 Å². The third kappa shape index (κ3) is 2.93. The highest BCUT2D eigenvalue weighted by Gasteiger charge is 2.63. The highest BCUT2D eigenvalue weighted by atomic mass is 19.4. The summed E-state index contributed by atoms with van der Waals surface area (Å²) in [7, 11) is 0. The van der Waals surface area contributed by atoms with Gasteiger partial charge >= 0.3 is 12.1 Å². The first-order chi connectivity index (χ1) is 11.6. The summed E-state index contributed by atoms with van der Waals surface area (Å²) in [6.45, 7) is 3.39. The number of amides is 1. The number of aryl methyl sites for hydroxylation is 2. The van der Waals surface area contributed by atoms with Crippen molar-refractivity contribution in [3.8, 4) is 0 Å². The number of alkyl halides is 3. The van der Waals surface area contributed by atoms with Crippen molar-refractivity contribution in [2.75, 3.05) is 0 Å². The van der Waals surface area contributed by atoms with Crippen LogP contribution in [0.25, 0.3) is 0 Å². The zero-order valence-corrected chi connectivity index (χ0v) is 13.5. The Balaban J connectivity index is 2.04. The van der Waals surface area contributed by atoms with Crippen LogP contribution in [-0.2, 0) is 0 Å². The Kier molecular flexibility index (Phi) is 3.95. The fourth-order valence-corrected chi connectivity index (χ4v) is 2.54. The molecule has 3 rings (SSSR count). The van der Waals surface area contributed by atoms with Gasteiger partial charge in [0, 0.05) is 0 Å². The van der Waals surface area contributed by atoms with Crippen molar-refractivity contribution >= 4 is 11.6 Å². The molecule has 0 radical (unpaired) electrons. The van der Waals surface area contributed by atoms with Gasteiger partial charge in [0.25, 0.3) is 5.72 Å². The minimum atomic E-state index is -5.08. The Hall–Kier alpha value is -2.61. The van der Waals surface area contributed by atoms with E-state index in [2.05, 4.69) is 5.10 Å². The first-order valence-corrected chi connectivity index (χ1v) is 7.46. The number of nitrogens with zero attached hydrogens (tertiary/aromatic N) is 2. The Morgan fingerprint density at radius 3 is 2.36 bits per heavy atom. The molecule has 1 aromatic carbocycles. The van der Waals surface area contributed by atoms with Gasteiger partial charge in [-0.2, -0.15) is 23.3 Å². The van der Waals surface area contributed by atoms with Crippen molar-refractivity contribution in [3.63, 3.8) is 0 Å². The molecule has 5 nitrogen and oxygen atoms in total. The van der Waals surface area contributed by atoms with Crippen LogP contribution in [0.2, 0.25) is 0 Å². The number of rotatable bonds is 2. The molecule has 1 aromatic heterocycles. The van der Waals surface area contributed by atoms with Crippen LogP contribution in [0.1, 0.15) is 33.9 Å². The molecular formula is C17H15F3N2O3. The molecule has 0 bridgehead atoms. The molecule has 1 aliphatic heterocycles. The average Bonchev–Trinajstić information content (AvgIpc) is 3.11. The van der Waals surface area contributed by atoms with Crippen molar-refractivity contribution in [1.82, 2.24) is 5.01 Å². The second kappa shape index (κ2) is 5.73. The third-order valence-corrected chi connectivity index (χ3v) is 3.97. The Morgan fingerprint density at radius 2 is 1.84 bits per heavy atom. The van der Waals surface area contributed by atoms with Gasteiger partial charge in [0.05, 0.1) is 12.1 Å². The third-order valence-electron chi connectivity index (χ3n) is 3.97. The van der Waals surface area contributed by atoms with Crippen molar-refractivity contribution in [2.24, 2.45) is 5.10 Å². The zero-order valence-electron chi connectivity index (χ0n) is 13.5. The lowest BCUT2D eigenvalue weighted by atomic mass is 10.00. The molecule has 0 spiro atoms. The molecule has 0 unspecified atom stereocenters. The summed E-state index contributed by atoms with van der Waals surface area (Å²) in [6, 6.07) is 9.30. The van der Waals surface area contributed by atoms with Crippen LogP contribution in [0.5, 0.6) is 0 Å². The molecule has 1 atom stereocenters. The van der Waals surface area contributed by atoms with Crippen LogP contribution in [0.4, 0.5) is 13.2 Å². The second-order valence-corrected chi connectivity index (χ2v) is 5.93. The SMILES string of the molecule is Cc1ccc(C2=NN(C(=O)c3ccc(C)o3)[C@](O)(C(F)(F)F)C2)cc1. The van der Waals surface area contributed by atoms with Gasteiger partial charge in [-0.1, -0.05) is 29.8 Å². The van der Waals surface area contributed by atoms with Gasteiger partial charge in [0.2, 0.25) is 0 Å². The molecule has 8 heteroatoms. The summed E-state index contributed by atoms with van der Waals surface area (Å²) in [5.74, 6) is -1.12. The number of carbonyl (C=O) groups is 1. The number of halogens is 3. The molecule has 0 saturated carbocycles. The standard InChI is InChI=1S/C17H15F3N2O3/c1-10-3-6-12(7-4-10)13-9-16(24,17(18,19)20)22(21-13)15(23)14-8-5-11(2)25-14/h3-8,24H,9H2,1-2H3/t16-/m1/s1. The summed E-state index contributed by atoms with van der Waals surface area (Å²) in [5, 5.41) is 14.1. The lowest BCUT2D eigenvalue weighted by Crippen LogP contribution is -2.56. The first-order valence-electron chi connectivity index (χ1n) is 7.46. The van der Waals surface area contributed by atoms with Crippen LogP contribution in [-0.4, -0.2) is 33.6 Å². The van der Waals surface area contributed by atoms with Crippen molar-refractivity contribution in [1.29, 1.82) is 0 Å². The molecule has 1 N–H and O–H groups in total. The van der Waals surface area contributed by atoms with Gasteiger partial charge in [-0.25, -0.2) is 0 Å².